The van der Waals surface area contributed by atoms with Gasteiger partial charge in [0, 0.05) is 24.4 Å². The van der Waals surface area contributed by atoms with Crippen molar-refractivity contribution in [3.8, 4) is 0 Å². The Hall–Kier alpha value is -4.12. The first-order valence-corrected chi connectivity index (χ1v) is 10.8. The Morgan fingerprint density at radius 1 is 1.15 bits per heavy atom. The second-order valence-electron chi connectivity index (χ2n) is 7.19. The van der Waals surface area contributed by atoms with Crippen LogP contribution >= 0.6 is 11.3 Å². The molecule has 2 heterocycles. The van der Waals surface area contributed by atoms with Crippen LogP contribution < -0.4 is 16.2 Å². The van der Waals surface area contributed by atoms with E-state index in [-0.39, 0.29) is 36.1 Å². The number of halogens is 1. The minimum Gasteiger partial charge on any atom is -0.334 e. The second-order valence-corrected chi connectivity index (χ2v) is 8.05. The van der Waals surface area contributed by atoms with E-state index in [0.717, 1.165) is 0 Å². The maximum Gasteiger partial charge on any atom is 0.321 e. The highest BCUT2D eigenvalue weighted by Gasteiger charge is 2.19. The highest BCUT2D eigenvalue weighted by atomic mass is 32.1. The molecule has 4 aromatic rings. The third-order valence-corrected chi connectivity index (χ3v) is 5.57. The molecule has 33 heavy (non-hydrogen) atoms. The summed E-state index contributed by atoms with van der Waals surface area (Å²) in [6.45, 7) is 0.343. The summed E-state index contributed by atoms with van der Waals surface area (Å²) in [4.78, 5) is 42.7. The Morgan fingerprint density at radius 2 is 1.94 bits per heavy atom. The van der Waals surface area contributed by atoms with E-state index in [0.29, 0.717) is 27.2 Å². The number of hydrogen-bond donors (Lipinski definition) is 3. The average Bonchev–Trinajstić information content (AvgIpc) is 3.24. The quantitative estimate of drug-likeness (QED) is 0.403. The van der Waals surface area contributed by atoms with E-state index >= 15 is 0 Å². The molecule has 2 aromatic carbocycles. The molecule has 4 rings (SSSR count). The van der Waals surface area contributed by atoms with Crippen LogP contribution in [0.5, 0.6) is 0 Å². The van der Waals surface area contributed by atoms with Crippen molar-refractivity contribution < 1.29 is 14.0 Å². The molecular formula is C22H19FN6O3S. The van der Waals surface area contributed by atoms with Gasteiger partial charge in [-0.3, -0.25) is 14.9 Å². The molecule has 0 unspecified atom stereocenters. The number of amides is 3. The zero-order chi connectivity index (χ0) is 23.4. The molecule has 11 heteroatoms. The van der Waals surface area contributed by atoms with Crippen LogP contribution in [0.1, 0.15) is 21.7 Å². The summed E-state index contributed by atoms with van der Waals surface area (Å²) in [6, 6.07) is 12.2. The van der Waals surface area contributed by atoms with Crippen LogP contribution in [0.15, 0.2) is 58.7 Å². The maximum absolute atomic E-state index is 13.2. The number of urea groups is 1. The molecule has 168 valence electrons. The average molecular weight is 466 g/mol. The predicted octanol–water partition coefficient (Wildman–Crippen LogP) is 3.11. The van der Waals surface area contributed by atoms with E-state index in [4.69, 9.17) is 0 Å². The fourth-order valence-electron chi connectivity index (χ4n) is 3.18. The number of rotatable bonds is 6. The monoisotopic (exact) mass is 466 g/mol. The van der Waals surface area contributed by atoms with Gasteiger partial charge in [-0.05, 0) is 23.8 Å². The number of anilines is 1. The molecule has 3 N–H and O–H groups in total. The van der Waals surface area contributed by atoms with Crippen molar-refractivity contribution in [3.63, 3.8) is 0 Å². The number of fused-ring (bicyclic) bond motifs is 1. The van der Waals surface area contributed by atoms with E-state index in [1.54, 1.807) is 48.8 Å². The Kier molecular flexibility index (Phi) is 6.41. The van der Waals surface area contributed by atoms with Crippen LogP contribution in [0, 0.1) is 5.82 Å². The summed E-state index contributed by atoms with van der Waals surface area (Å²) in [5.74, 6) is -0.749. The summed E-state index contributed by atoms with van der Waals surface area (Å²) < 4.78 is 13.2. The van der Waals surface area contributed by atoms with Gasteiger partial charge in [0.05, 0.1) is 17.6 Å². The van der Waals surface area contributed by atoms with Crippen molar-refractivity contribution in [1.29, 1.82) is 0 Å². The maximum atomic E-state index is 13.2. The molecule has 0 radical (unpaired) electrons. The van der Waals surface area contributed by atoms with Crippen molar-refractivity contribution in [2.75, 3.05) is 12.4 Å². The van der Waals surface area contributed by atoms with E-state index < -0.39 is 6.03 Å². The largest absolute Gasteiger partial charge is 0.334 e. The number of carbonyl (C=O) groups excluding carboxylic acids is 2. The molecular weight excluding hydrogens is 447 g/mol. The van der Waals surface area contributed by atoms with Gasteiger partial charge >= 0.3 is 6.03 Å². The van der Waals surface area contributed by atoms with Crippen molar-refractivity contribution in [3.05, 3.63) is 87.0 Å². The van der Waals surface area contributed by atoms with Gasteiger partial charge in [0.25, 0.3) is 11.5 Å². The highest BCUT2D eigenvalue weighted by molar-refractivity contribution is 7.13. The molecule has 0 bridgehead atoms. The number of H-pyrrole nitrogens is 1. The molecule has 0 atom stereocenters. The lowest BCUT2D eigenvalue weighted by Gasteiger charge is -2.16. The summed E-state index contributed by atoms with van der Waals surface area (Å²) in [5.41, 5.74) is 0.979. The number of hydrogen-bond acceptors (Lipinski definition) is 6. The van der Waals surface area contributed by atoms with Crippen LogP contribution in [0.2, 0.25) is 0 Å². The molecule has 0 fully saturated rings. The molecule has 0 spiro atoms. The highest BCUT2D eigenvalue weighted by Crippen LogP contribution is 2.19. The summed E-state index contributed by atoms with van der Waals surface area (Å²) in [6.07, 6.45) is 0. The SMILES string of the molecule is CN(Cc1csc(NC(=O)NCc2cccc(F)c2)n1)C(=O)c1n[nH]c(=O)c2ccccc12. The van der Waals surface area contributed by atoms with Crippen LogP contribution in [0.25, 0.3) is 10.8 Å². The van der Waals surface area contributed by atoms with Crippen molar-refractivity contribution in [1.82, 2.24) is 25.4 Å². The topological polar surface area (TPSA) is 120 Å². The number of carbonyl (C=O) groups is 2. The molecule has 0 saturated heterocycles. The Morgan fingerprint density at radius 3 is 2.73 bits per heavy atom. The minimum atomic E-state index is -0.478. The third-order valence-electron chi connectivity index (χ3n) is 4.76. The van der Waals surface area contributed by atoms with Gasteiger partial charge in [0.15, 0.2) is 10.8 Å². The van der Waals surface area contributed by atoms with E-state index in [1.165, 1.54) is 28.4 Å². The predicted molar refractivity (Wildman–Crippen MR) is 123 cm³/mol. The lowest BCUT2D eigenvalue weighted by Crippen LogP contribution is -2.29. The van der Waals surface area contributed by atoms with Gasteiger partial charge in [-0.2, -0.15) is 5.10 Å². The third kappa shape index (κ3) is 5.21. The zero-order valence-electron chi connectivity index (χ0n) is 17.5. The Balaban J connectivity index is 1.37. The van der Waals surface area contributed by atoms with E-state index in [9.17, 15) is 18.8 Å². The van der Waals surface area contributed by atoms with Crippen LogP contribution in [-0.2, 0) is 13.1 Å². The lowest BCUT2D eigenvalue weighted by atomic mass is 10.1. The summed E-state index contributed by atoms with van der Waals surface area (Å²) >= 11 is 1.21. The van der Waals surface area contributed by atoms with Gasteiger partial charge < -0.3 is 10.2 Å². The molecule has 0 aliphatic heterocycles. The number of aromatic amines is 1. The Labute approximate surface area is 191 Å². The van der Waals surface area contributed by atoms with Gasteiger partial charge in [-0.15, -0.1) is 11.3 Å². The lowest BCUT2D eigenvalue weighted by molar-refractivity contribution is 0.0778. The first-order chi connectivity index (χ1) is 15.9. The van der Waals surface area contributed by atoms with Crippen LogP contribution in [0.3, 0.4) is 0 Å². The number of nitrogens with zero attached hydrogens (tertiary/aromatic N) is 3. The Bertz CT molecular complexity index is 1390. The van der Waals surface area contributed by atoms with Gasteiger partial charge in [0.2, 0.25) is 0 Å². The molecule has 9 nitrogen and oxygen atoms in total. The second kappa shape index (κ2) is 9.57. The molecule has 0 aliphatic rings. The normalized spacial score (nSPS) is 10.7. The molecule has 3 amide bonds. The standard InChI is InChI=1S/C22H19FN6O3S/c1-29(20(31)18-16-7-2-3-8-17(16)19(30)28-27-18)11-15-12-33-22(25-15)26-21(32)24-10-13-5-4-6-14(23)9-13/h2-9,12H,10-11H2,1H3,(H,28,30)(H2,24,25,26,32). The van der Waals surface area contributed by atoms with Crippen LogP contribution in [-0.4, -0.2) is 39.1 Å². The number of aromatic nitrogens is 3. The van der Waals surface area contributed by atoms with Crippen molar-refractivity contribution in [2.24, 2.45) is 0 Å². The van der Waals surface area contributed by atoms with Gasteiger partial charge in [-0.25, -0.2) is 19.3 Å². The zero-order valence-corrected chi connectivity index (χ0v) is 18.3. The van der Waals surface area contributed by atoms with Gasteiger partial charge in [-0.1, -0.05) is 30.3 Å². The van der Waals surface area contributed by atoms with Crippen molar-refractivity contribution >= 4 is 39.2 Å². The van der Waals surface area contributed by atoms with Crippen molar-refractivity contribution in [2.45, 2.75) is 13.1 Å². The first-order valence-electron chi connectivity index (χ1n) is 9.87. The molecule has 0 aliphatic carbocycles. The smallest absolute Gasteiger partial charge is 0.321 e. The van der Waals surface area contributed by atoms with E-state index in [2.05, 4.69) is 25.8 Å². The van der Waals surface area contributed by atoms with Crippen LogP contribution in [0.4, 0.5) is 14.3 Å². The molecule has 2 aromatic heterocycles. The summed E-state index contributed by atoms with van der Waals surface area (Å²) in [5, 5.41) is 14.5. The van der Waals surface area contributed by atoms with Gasteiger partial charge in [0.1, 0.15) is 5.82 Å². The minimum absolute atomic E-state index is 0.137. The fraction of sp³-hybridized carbons (Fsp3) is 0.136. The molecule has 0 saturated carbocycles. The fourth-order valence-corrected chi connectivity index (χ4v) is 3.88. The first kappa shape index (κ1) is 22.1. The van der Waals surface area contributed by atoms with E-state index in [1.807, 2.05) is 0 Å². The number of thiazole rings is 1. The summed E-state index contributed by atoms with van der Waals surface area (Å²) in [7, 11) is 1.60. The number of benzene rings is 2. The number of nitrogens with one attached hydrogen (secondary N) is 3.